The molecule has 0 bridgehead atoms. The molecule has 0 saturated heterocycles. The summed E-state index contributed by atoms with van der Waals surface area (Å²) in [4.78, 5) is 0. The Labute approximate surface area is 128 Å². The van der Waals surface area contributed by atoms with Gasteiger partial charge in [0, 0.05) is 21.4 Å². The van der Waals surface area contributed by atoms with Crippen molar-refractivity contribution >= 4 is 35.7 Å². The summed E-state index contributed by atoms with van der Waals surface area (Å²) in [7, 11) is -5.17. The average molecular weight is 250 g/mol. The fourth-order valence-corrected chi connectivity index (χ4v) is 0. The van der Waals surface area contributed by atoms with Crippen LogP contribution >= 0.6 is 25.3 Å². The van der Waals surface area contributed by atoms with Gasteiger partial charge in [0.25, 0.3) is 0 Å². The molecule has 0 aromatic rings. The Bertz CT molecular complexity index is 149. The molecule has 0 rings (SSSR count). The summed E-state index contributed by atoms with van der Waals surface area (Å²) in [6.45, 7) is 2.01. The van der Waals surface area contributed by atoms with Gasteiger partial charge < -0.3 is 9.11 Å². The fourth-order valence-electron chi connectivity index (χ4n) is 0. The van der Waals surface area contributed by atoms with E-state index in [-0.39, 0.29) is 59.1 Å². The van der Waals surface area contributed by atoms with Crippen molar-refractivity contribution in [1.29, 1.82) is 0 Å². The van der Waals surface area contributed by atoms with Crippen molar-refractivity contribution in [3.8, 4) is 0 Å². The van der Waals surface area contributed by atoms with Gasteiger partial charge in [-0.05, 0) is 0 Å². The van der Waals surface area contributed by atoms with Crippen LogP contribution in [0, 0.1) is 0 Å². The van der Waals surface area contributed by atoms with Crippen molar-refractivity contribution in [3.05, 3.63) is 0 Å². The molecule has 9 heteroatoms. The first-order valence-corrected chi connectivity index (χ1v) is 4.71. The van der Waals surface area contributed by atoms with Crippen LogP contribution < -0.4 is 59.1 Å². The first-order valence-electron chi connectivity index (χ1n) is 2.23. The minimum absolute atomic E-state index is 0. The summed E-state index contributed by atoms with van der Waals surface area (Å²) in [5.41, 5.74) is 0. The molecule has 0 fully saturated rings. The van der Waals surface area contributed by atoms with Gasteiger partial charge in [-0.3, -0.25) is 8.42 Å². The summed E-state index contributed by atoms with van der Waals surface area (Å²) in [5.74, 6) is 0.864. The van der Waals surface area contributed by atoms with E-state index in [4.69, 9.17) is 17.5 Å². The molecule has 1 atom stereocenters. The molecule has 4 nitrogen and oxygen atoms in total. The molecule has 0 aliphatic rings. The molecule has 0 aromatic carbocycles. The summed E-state index contributed by atoms with van der Waals surface area (Å²) in [6.07, 6.45) is 0. The average Bonchev–Trinajstić information content (AvgIpc) is 1.61. The van der Waals surface area contributed by atoms with Crippen LogP contribution in [0.5, 0.6) is 0 Å². The van der Waals surface area contributed by atoms with Gasteiger partial charge in [0.05, 0.1) is 0 Å². The summed E-state index contributed by atoms with van der Waals surface area (Å²) in [5, 5.41) is 0.443. The van der Waals surface area contributed by atoms with Crippen LogP contribution in [0.25, 0.3) is 0 Å². The normalized spacial score (nSPS) is 11.1. The van der Waals surface area contributed by atoms with Crippen LogP contribution in [0.15, 0.2) is 0 Å². The summed E-state index contributed by atoms with van der Waals surface area (Å²) in [6, 6.07) is 0. The van der Waals surface area contributed by atoms with Crippen molar-refractivity contribution in [1.82, 2.24) is 0 Å². The fraction of sp³-hybridized carbons (Fsp3) is 1.00. The molecule has 0 aliphatic carbocycles. The Kier molecular flexibility index (Phi) is 27.2. The first-order chi connectivity index (χ1) is 4.27. The molecule has 0 aliphatic heterocycles. The molecular weight excluding hydrogens is 242 g/mol. The Morgan fingerprint density at radius 2 is 1.42 bits per heavy atom. The molecule has 0 aromatic heterocycles. The summed E-state index contributed by atoms with van der Waals surface area (Å²) < 4.78 is 34.1. The van der Waals surface area contributed by atoms with Crippen molar-refractivity contribution < 1.29 is 76.6 Å². The monoisotopic (exact) mass is 250 g/mol. The van der Waals surface area contributed by atoms with Crippen LogP contribution in [0.4, 0.5) is 0 Å². The Morgan fingerprint density at radius 3 is 1.42 bits per heavy atom. The van der Waals surface area contributed by atoms with Crippen LogP contribution in [0.1, 0.15) is 6.92 Å². The van der Waals surface area contributed by atoms with E-state index in [2.05, 4.69) is 25.3 Å². The second-order valence-electron chi connectivity index (χ2n) is 1.44. The zero-order valence-electron chi connectivity index (χ0n) is 7.22. The van der Waals surface area contributed by atoms with E-state index >= 15 is 0 Å². The van der Waals surface area contributed by atoms with Gasteiger partial charge in [0.15, 0.2) is 0 Å². The Morgan fingerprint density at radius 1 is 1.33 bits per heavy atom. The van der Waals surface area contributed by atoms with E-state index in [1.165, 1.54) is 0 Å². The Hall–Kier alpha value is 2.57. The van der Waals surface area contributed by atoms with Crippen LogP contribution in [0.3, 0.4) is 0 Å². The smallest absolute Gasteiger partial charge is 0.759 e. The van der Waals surface area contributed by atoms with Crippen LogP contribution in [-0.2, 0) is 10.4 Å². The molecule has 0 saturated carbocycles. The zero-order valence-corrected chi connectivity index (χ0v) is 13.8. The second kappa shape index (κ2) is 13.6. The topological polar surface area (TPSA) is 80.3 Å². The summed E-state index contributed by atoms with van der Waals surface area (Å²) >= 11 is 7.96. The van der Waals surface area contributed by atoms with Gasteiger partial charge in [-0.2, -0.15) is 25.3 Å². The van der Waals surface area contributed by atoms with E-state index in [1.807, 2.05) is 6.92 Å². The molecule has 0 N–H and O–H groups in total. The molecule has 1 unspecified atom stereocenters. The minimum atomic E-state index is -5.17. The maximum Gasteiger partial charge on any atom is 1.00 e. The number of thiol groups is 2. The number of rotatable bonds is 1. The van der Waals surface area contributed by atoms with Gasteiger partial charge in [-0.15, -0.1) is 0 Å². The second-order valence-corrected chi connectivity index (χ2v) is 3.50. The standard InChI is InChI=1S/C3H8S2.2Na.H2O4S/c1-3(5)2-4;;;1-5(2,3)4/h3-5H,2H2,1H3;;;(H2,1,2,3,4)/q;2*+1;/p-2. The van der Waals surface area contributed by atoms with Crippen molar-refractivity contribution in [3.63, 3.8) is 0 Å². The number of hydrogen-bond acceptors (Lipinski definition) is 6. The SMILES string of the molecule is CC(S)CS.O=S(=O)([O-])[O-].[Na+].[Na+]. The van der Waals surface area contributed by atoms with E-state index in [1.54, 1.807) is 0 Å². The van der Waals surface area contributed by atoms with E-state index in [9.17, 15) is 0 Å². The van der Waals surface area contributed by atoms with Gasteiger partial charge in [-0.25, -0.2) is 0 Å². The maximum absolute atomic E-state index is 8.52. The van der Waals surface area contributed by atoms with Crippen LogP contribution in [-0.4, -0.2) is 28.5 Å². The Balaban J connectivity index is -0.0000000457. The van der Waals surface area contributed by atoms with Gasteiger partial charge in [0.1, 0.15) is 0 Å². The van der Waals surface area contributed by atoms with Crippen molar-refractivity contribution in [2.45, 2.75) is 12.2 Å². The molecular formula is C3H8Na2O4S3. The predicted molar refractivity (Wildman–Crippen MR) is 42.8 cm³/mol. The predicted octanol–water partition coefficient (Wildman–Crippen LogP) is -6.10. The largest absolute Gasteiger partial charge is 1.00 e. The van der Waals surface area contributed by atoms with Crippen molar-refractivity contribution in [2.75, 3.05) is 5.75 Å². The van der Waals surface area contributed by atoms with E-state index < -0.39 is 10.4 Å². The van der Waals surface area contributed by atoms with E-state index in [0.717, 1.165) is 5.75 Å². The third kappa shape index (κ3) is 80.6. The third-order valence-electron chi connectivity index (χ3n) is 0.264. The number of hydrogen-bond donors (Lipinski definition) is 2. The molecule has 0 spiro atoms. The molecule has 0 amide bonds. The van der Waals surface area contributed by atoms with E-state index in [0.29, 0.717) is 5.25 Å². The molecule has 0 radical (unpaired) electrons. The van der Waals surface area contributed by atoms with Crippen molar-refractivity contribution in [2.24, 2.45) is 0 Å². The third-order valence-corrected chi connectivity index (χ3v) is 1.28. The van der Waals surface area contributed by atoms with Gasteiger partial charge in [-0.1, -0.05) is 6.92 Å². The molecule has 0 heterocycles. The zero-order chi connectivity index (χ0) is 8.78. The van der Waals surface area contributed by atoms with Gasteiger partial charge >= 0.3 is 59.1 Å². The quantitative estimate of drug-likeness (QED) is 0.210. The van der Waals surface area contributed by atoms with Crippen LogP contribution in [0.2, 0.25) is 0 Å². The first kappa shape index (κ1) is 24.0. The van der Waals surface area contributed by atoms with Gasteiger partial charge in [0.2, 0.25) is 0 Å². The maximum atomic E-state index is 8.52. The molecule has 12 heavy (non-hydrogen) atoms. The minimum Gasteiger partial charge on any atom is -0.759 e. The molecule has 64 valence electrons.